The molecule has 1 aromatic heterocycles. The zero-order valence-corrected chi connectivity index (χ0v) is 25.6. The van der Waals surface area contributed by atoms with E-state index in [0.29, 0.717) is 9.75 Å². The summed E-state index contributed by atoms with van der Waals surface area (Å²) in [6.07, 6.45) is 5.00. The molecule has 0 radical (unpaired) electrons. The first-order chi connectivity index (χ1) is 17.2. The summed E-state index contributed by atoms with van der Waals surface area (Å²) < 4.78 is 12.2. The van der Waals surface area contributed by atoms with Crippen molar-refractivity contribution in [1.82, 2.24) is 10.6 Å². The molecule has 2 aliphatic heterocycles. The van der Waals surface area contributed by atoms with E-state index in [4.69, 9.17) is 9.47 Å². The number of rotatable bonds is 8. The second-order valence-electron chi connectivity index (χ2n) is 12.7. The van der Waals surface area contributed by atoms with Crippen molar-refractivity contribution in [3.8, 4) is 0 Å². The van der Waals surface area contributed by atoms with E-state index < -0.39 is 0 Å². The van der Waals surface area contributed by atoms with Gasteiger partial charge in [0.15, 0.2) is 0 Å². The number of carbonyl (C=O) groups excluding carboxylic acids is 2. The molecule has 0 saturated carbocycles. The van der Waals surface area contributed by atoms with E-state index in [0.717, 1.165) is 38.5 Å². The highest BCUT2D eigenvalue weighted by Crippen LogP contribution is 2.41. The van der Waals surface area contributed by atoms with Crippen molar-refractivity contribution in [3.63, 3.8) is 0 Å². The Bertz CT molecular complexity index is 906. The molecule has 3 heterocycles. The lowest BCUT2D eigenvalue weighted by Crippen LogP contribution is -2.66. The fourth-order valence-corrected chi connectivity index (χ4v) is 7.06. The number of nitrogens with one attached hydrogen (secondary N) is 2. The molecule has 0 spiro atoms. The zero-order chi connectivity index (χ0) is 27.8. The number of piperidine rings is 2. The lowest BCUT2D eigenvalue weighted by atomic mass is 9.70. The van der Waals surface area contributed by atoms with Gasteiger partial charge in [-0.2, -0.15) is 0 Å². The topological polar surface area (TPSA) is 76.7 Å². The van der Waals surface area contributed by atoms with E-state index >= 15 is 0 Å². The van der Waals surface area contributed by atoms with E-state index in [-0.39, 0.29) is 58.1 Å². The molecule has 2 saturated heterocycles. The van der Waals surface area contributed by atoms with Crippen LogP contribution in [0.25, 0.3) is 0 Å². The van der Waals surface area contributed by atoms with Gasteiger partial charge in [-0.3, -0.25) is 0 Å². The van der Waals surface area contributed by atoms with Gasteiger partial charge in [0.25, 0.3) is 0 Å². The number of hydrogen-bond acceptors (Lipinski definition) is 7. The van der Waals surface area contributed by atoms with E-state index in [1.807, 2.05) is 0 Å². The minimum Gasteiger partial charge on any atom is -0.458 e. The summed E-state index contributed by atoms with van der Waals surface area (Å²) in [4.78, 5) is 27.3. The smallest absolute Gasteiger partial charge is 0.348 e. The molecular weight excluding hydrogens is 484 g/mol. The summed E-state index contributed by atoms with van der Waals surface area (Å²) in [6.45, 7) is 21.9. The van der Waals surface area contributed by atoms with Crippen molar-refractivity contribution in [2.24, 2.45) is 11.8 Å². The van der Waals surface area contributed by atoms with Crippen molar-refractivity contribution in [2.75, 3.05) is 0 Å². The van der Waals surface area contributed by atoms with Crippen LogP contribution in [-0.4, -0.2) is 46.3 Å². The lowest BCUT2D eigenvalue weighted by molar-refractivity contribution is -0.0488. The Morgan fingerprint density at radius 3 is 1.41 bits per heavy atom. The Balaban J connectivity index is 1.72. The van der Waals surface area contributed by atoms with Gasteiger partial charge >= 0.3 is 11.9 Å². The van der Waals surface area contributed by atoms with Crippen LogP contribution in [0.15, 0.2) is 12.1 Å². The number of ether oxygens (including phenoxy) is 2. The lowest BCUT2D eigenvalue weighted by Gasteiger charge is -2.52. The summed E-state index contributed by atoms with van der Waals surface area (Å²) in [7, 11) is 0. The van der Waals surface area contributed by atoms with Crippen molar-refractivity contribution in [1.29, 1.82) is 0 Å². The molecule has 0 aromatic carbocycles. The van der Waals surface area contributed by atoms with Gasteiger partial charge in [-0.05, 0) is 65.5 Å². The number of hydrogen-bond donors (Lipinski definition) is 2. The molecule has 8 unspecified atom stereocenters. The molecule has 0 aliphatic carbocycles. The molecule has 0 bridgehead atoms. The zero-order valence-electron chi connectivity index (χ0n) is 24.7. The maximum absolute atomic E-state index is 13.2. The van der Waals surface area contributed by atoms with Crippen LogP contribution in [0.4, 0.5) is 0 Å². The first-order valence-electron chi connectivity index (χ1n) is 14.3. The Morgan fingerprint density at radius 2 is 1.11 bits per heavy atom. The number of thiophene rings is 1. The van der Waals surface area contributed by atoms with Crippen LogP contribution in [0.2, 0.25) is 0 Å². The van der Waals surface area contributed by atoms with Crippen LogP contribution in [0.1, 0.15) is 127 Å². The van der Waals surface area contributed by atoms with Gasteiger partial charge in [-0.15, -0.1) is 11.3 Å². The maximum atomic E-state index is 13.2. The van der Waals surface area contributed by atoms with Gasteiger partial charge in [-0.25, -0.2) is 9.59 Å². The standard InChI is InChI=1S/C30H50N2O4S/c1-11-27(7)17-21(19(5)29(9,13-3)31-27)35-25(33)23-15-16-24(37-23)26(34)36-22-18-28(8,12-2)32-30(10,14-4)20(22)6/h15-16,19-22,31-32H,11-14,17-18H2,1-10H3. The molecular formula is C30H50N2O4S. The Labute approximate surface area is 228 Å². The van der Waals surface area contributed by atoms with Crippen molar-refractivity contribution in [3.05, 3.63) is 21.9 Å². The quantitative estimate of drug-likeness (QED) is 0.360. The number of carbonyl (C=O) groups is 2. The third kappa shape index (κ3) is 6.09. The fraction of sp³-hybridized carbons (Fsp3) is 0.800. The molecule has 2 fully saturated rings. The average Bonchev–Trinajstić information content (AvgIpc) is 3.36. The molecule has 210 valence electrons. The minimum atomic E-state index is -0.355. The Hall–Kier alpha value is -1.44. The SMILES string of the molecule is CCC1(C)CC(OC(=O)c2ccc(C(=O)OC3CC(C)(CC)NC(C)(CC)C3C)s2)C(C)C(C)(CC)N1. The molecule has 2 aliphatic rings. The third-order valence-electron chi connectivity index (χ3n) is 10.2. The van der Waals surface area contributed by atoms with Crippen LogP contribution in [0.5, 0.6) is 0 Å². The largest absolute Gasteiger partial charge is 0.458 e. The van der Waals surface area contributed by atoms with Crippen LogP contribution in [0, 0.1) is 11.8 Å². The second-order valence-corrected chi connectivity index (χ2v) is 13.7. The fourth-order valence-electron chi connectivity index (χ4n) is 6.29. The normalized spacial score (nSPS) is 40.3. The summed E-state index contributed by atoms with van der Waals surface area (Å²) >= 11 is 1.17. The maximum Gasteiger partial charge on any atom is 0.348 e. The minimum absolute atomic E-state index is 0.0852. The molecule has 3 rings (SSSR count). The Kier molecular flexibility index (Phi) is 8.93. The van der Waals surface area contributed by atoms with Crippen molar-refractivity contribution >= 4 is 23.3 Å². The number of esters is 2. The van der Waals surface area contributed by atoms with Crippen LogP contribution >= 0.6 is 11.3 Å². The van der Waals surface area contributed by atoms with E-state index in [1.54, 1.807) is 12.1 Å². The molecule has 37 heavy (non-hydrogen) atoms. The molecule has 2 N–H and O–H groups in total. The van der Waals surface area contributed by atoms with Gasteiger partial charge in [0.1, 0.15) is 22.0 Å². The summed E-state index contributed by atoms with van der Waals surface area (Å²) in [5.41, 5.74) is -0.385. The first-order valence-corrected chi connectivity index (χ1v) is 15.1. The summed E-state index contributed by atoms with van der Waals surface area (Å²) in [5, 5.41) is 7.65. The van der Waals surface area contributed by atoms with E-state index in [1.165, 1.54) is 11.3 Å². The third-order valence-corrected chi connectivity index (χ3v) is 11.2. The van der Waals surface area contributed by atoms with Crippen molar-refractivity contribution in [2.45, 2.75) is 142 Å². The highest BCUT2D eigenvalue weighted by molar-refractivity contribution is 7.15. The molecule has 0 amide bonds. The van der Waals surface area contributed by atoms with Gasteiger partial charge in [0.05, 0.1) is 0 Å². The molecule has 1 aromatic rings. The predicted octanol–water partition coefficient (Wildman–Crippen LogP) is 6.73. The van der Waals surface area contributed by atoms with Gasteiger partial charge < -0.3 is 20.1 Å². The van der Waals surface area contributed by atoms with Gasteiger partial charge in [0, 0.05) is 46.8 Å². The predicted molar refractivity (Wildman–Crippen MR) is 151 cm³/mol. The van der Waals surface area contributed by atoms with E-state index in [2.05, 4.69) is 79.9 Å². The monoisotopic (exact) mass is 534 g/mol. The average molecular weight is 535 g/mol. The molecule has 8 atom stereocenters. The summed E-state index contributed by atoms with van der Waals surface area (Å²) in [6, 6.07) is 3.40. The van der Waals surface area contributed by atoms with Gasteiger partial charge in [0.2, 0.25) is 0 Å². The molecule has 6 nitrogen and oxygen atoms in total. The second kappa shape index (κ2) is 11.0. The van der Waals surface area contributed by atoms with Gasteiger partial charge in [-0.1, -0.05) is 41.5 Å². The highest BCUT2D eigenvalue weighted by atomic mass is 32.1. The highest BCUT2D eigenvalue weighted by Gasteiger charge is 2.49. The first kappa shape index (κ1) is 30.1. The van der Waals surface area contributed by atoms with E-state index in [9.17, 15) is 9.59 Å². The van der Waals surface area contributed by atoms with Crippen molar-refractivity contribution < 1.29 is 19.1 Å². The van der Waals surface area contributed by atoms with Crippen LogP contribution in [0.3, 0.4) is 0 Å². The summed E-state index contributed by atoms with van der Waals surface area (Å²) in [5.74, 6) is -0.362. The van der Waals surface area contributed by atoms with Crippen LogP contribution in [-0.2, 0) is 9.47 Å². The van der Waals surface area contributed by atoms with Crippen LogP contribution < -0.4 is 10.6 Å². The Morgan fingerprint density at radius 1 is 0.757 bits per heavy atom. The molecule has 7 heteroatoms.